The number of halogens is 1. The quantitative estimate of drug-likeness (QED) is 0.490. The van der Waals surface area contributed by atoms with E-state index in [9.17, 15) is 4.79 Å². The third-order valence-corrected chi connectivity index (χ3v) is 6.77. The Hall–Kier alpha value is -2.44. The average Bonchev–Trinajstić information content (AvgIpc) is 3.12. The number of likely N-dealkylation sites (tertiary alicyclic amines) is 1. The molecule has 3 aromatic heterocycles. The maximum absolute atomic E-state index is 12.6. The second-order valence-corrected chi connectivity index (χ2v) is 8.88. The van der Waals surface area contributed by atoms with Crippen LogP contribution in [0.3, 0.4) is 0 Å². The third kappa shape index (κ3) is 3.30. The number of aromatic amines is 1. The molecule has 0 aliphatic carbocycles. The molecule has 0 saturated carbocycles. The molecule has 1 aliphatic heterocycles. The van der Waals surface area contributed by atoms with Gasteiger partial charge in [0.25, 0.3) is 0 Å². The first-order valence-corrected chi connectivity index (χ1v) is 10.8. The second kappa shape index (κ2) is 7.43. The number of nitrogens with zero attached hydrogens (tertiary/aromatic N) is 3. The van der Waals surface area contributed by atoms with Crippen LogP contribution in [0.15, 0.2) is 64.3 Å². The van der Waals surface area contributed by atoms with Crippen LogP contribution >= 0.6 is 15.9 Å². The first-order valence-electron chi connectivity index (χ1n) is 10.0. The van der Waals surface area contributed by atoms with Gasteiger partial charge in [-0.3, -0.25) is 9.69 Å². The minimum atomic E-state index is 0.0170. The van der Waals surface area contributed by atoms with E-state index in [4.69, 9.17) is 0 Å². The minimum absolute atomic E-state index is 0.0170. The van der Waals surface area contributed by atoms with Crippen molar-refractivity contribution < 1.29 is 0 Å². The molecular weight excluding hydrogens is 428 g/mol. The summed E-state index contributed by atoms with van der Waals surface area (Å²) >= 11 is 3.64. The number of rotatable bonds is 3. The Morgan fingerprint density at radius 2 is 2.07 bits per heavy atom. The van der Waals surface area contributed by atoms with Crippen LogP contribution in [0.2, 0.25) is 0 Å². The number of piperidine rings is 1. The van der Waals surface area contributed by atoms with Crippen molar-refractivity contribution in [2.24, 2.45) is 5.92 Å². The summed E-state index contributed by atoms with van der Waals surface area (Å²) < 4.78 is 3.25. The van der Waals surface area contributed by atoms with Gasteiger partial charge in [0.15, 0.2) is 5.43 Å². The summed E-state index contributed by atoms with van der Waals surface area (Å²) in [6.45, 7) is 5.32. The van der Waals surface area contributed by atoms with Crippen molar-refractivity contribution >= 4 is 37.9 Å². The number of pyridine rings is 2. The number of aromatic nitrogens is 3. The molecule has 148 valence electrons. The zero-order valence-corrected chi connectivity index (χ0v) is 17.9. The molecule has 1 N–H and O–H groups in total. The van der Waals surface area contributed by atoms with Crippen LogP contribution in [0, 0.1) is 5.92 Å². The Balaban J connectivity index is 1.60. The lowest BCUT2D eigenvalue weighted by molar-refractivity contribution is 0.128. The van der Waals surface area contributed by atoms with E-state index in [1.165, 1.54) is 5.56 Å². The Kier molecular flexibility index (Phi) is 4.76. The van der Waals surface area contributed by atoms with Gasteiger partial charge in [0.2, 0.25) is 0 Å². The van der Waals surface area contributed by atoms with Crippen LogP contribution in [0.4, 0.5) is 0 Å². The summed E-state index contributed by atoms with van der Waals surface area (Å²) in [6.07, 6.45) is 6.70. The van der Waals surface area contributed by atoms with Gasteiger partial charge < -0.3 is 9.55 Å². The Morgan fingerprint density at radius 1 is 1.24 bits per heavy atom. The number of fused-ring (bicyclic) bond motifs is 3. The standard InChI is InChI=1S/C23H23BrN4O/c1-15-7-9-27(13-16-5-3-2-4-6-16)14-19(15)28-10-8-20(29)17-11-25-23-21(22(17)28)18(24)12-26-23/h2-6,8,10-12,15,19H,7,9,13-14H2,1H3,(H,25,26)/t15-,19+/m1/s1. The van der Waals surface area contributed by atoms with Crippen LogP contribution in [0.25, 0.3) is 21.9 Å². The molecular formula is C23H23BrN4O. The molecule has 1 saturated heterocycles. The number of hydrogen-bond acceptors (Lipinski definition) is 3. The van der Waals surface area contributed by atoms with Crippen LogP contribution in [-0.2, 0) is 6.54 Å². The largest absolute Gasteiger partial charge is 0.345 e. The fraction of sp³-hybridized carbons (Fsp3) is 0.304. The van der Waals surface area contributed by atoms with Crippen molar-refractivity contribution in [3.05, 3.63) is 75.2 Å². The Labute approximate surface area is 177 Å². The molecule has 2 atom stereocenters. The van der Waals surface area contributed by atoms with E-state index < -0.39 is 0 Å². The molecule has 0 spiro atoms. The molecule has 5 nitrogen and oxygen atoms in total. The van der Waals surface area contributed by atoms with Gasteiger partial charge in [-0.1, -0.05) is 37.3 Å². The summed E-state index contributed by atoms with van der Waals surface area (Å²) in [5, 5.41) is 1.65. The lowest BCUT2D eigenvalue weighted by atomic mass is 9.92. The molecule has 29 heavy (non-hydrogen) atoms. The van der Waals surface area contributed by atoms with Gasteiger partial charge in [0.05, 0.1) is 16.3 Å². The van der Waals surface area contributed by atoms with Gasteiger partial charge >= 0.3 is 0 Å². The van der Waals surface area contributed by atoms with E-state index >= 15 is 0 Å². The van der Waals surface area contributed by atoms with Crippen molar-refractivity contribution in [1.29, 1.82) is 0 Å². The zero-order valence-electron chi connectivity index (χ0n) is 16.3. The van der Waals surface area contributed by atoms with Crippen molar-refractivity contribution in [1.82, 2.24) is 19.4 Å². The Morgan fingerprint density at radius 3 is 2.90 bits per heavy atom. The maximum atomic E-state index is 12.6. The molecule has 4 aromatic rings. The average molecular weight is 451 g/mol. The number of H-pyrrole nitrogens is 1. The Bertz CT molecular complexity index is 1230. The topological polar surface area (TPSA) is 53.9 Å². The molecule has 4 heterocycles. The van der Waals surface area contributed by atoms with E-state index in [1.807, 2.05) is 12.4 Å². The van der Waals surface area contributed by atoms with Gasteiger partial charge in [0, 0.05) is 48.3 Å². The molecule has 6 heteroatoms. The summed E-state index contributed by atoms with van der Waals surface area (Å²) in [6, 6.07) is 12.6. The molecule has 5 rings (SSSR count). The SMILES string of the molecule is C[C@@H]1CCN(Cc2ccccc2)C[C@@H]1n1ccc(=O)c2cnc3[nH]cc(Br)c3c21. The highest BCUT2D eigenvalue weighted by molar-refractivity contribution is 9.10. The highest BCUT2D eigenvalue weighted by Gasteiger charge is 2.29. The van der Waals surface area contributed by atoms with Crippen molar-refractivity contribution in [2.45, 2.75) is 25.9 Å². The first-order chi connectivity index (χ1) is 14.1. The minimum Gasteiger partial charge on any atom is -0.345 e. The van der Waals surface area contributed by atoms with E-state index in [2.05, 4.69) is 72.6 Å². The number of hydrogen-bond donors (Lipinski definition) is 1. The van der Waals surface area contributed by atoms with Crippen molar-refractivity contribution in [2.75, 3.05) is 13.1 Å². The van der Waals surface area contributed by atoms with E-state index in [0.717, 1.165) is 47.1 Å². The van der Waals surface area contributed by atoms with Gasteiger partial charge in [-0.2, -0.15) is 0 Å². The molecule has 0 amide bonds. The van der Waals surface area contributed by atoms with Crippen LogP contribution in [-0.4, -0.2) is 32.5 Å². The second-order valence-electron chi connectivity index (χ2n) is 8.02. The summed E-state index contributed by atoms with van der Waals surface area (Å²) in [5.41, 5.74) is 3.12. The van der Waals surface area contributed by atoms with Crippen molar-refractivity contribution in [3.63, 3.8) is 0 Å². The number of nitrogens with one attached hydrogen (secondary N) is 1. The molecule has 0 unspecified atom stereocenters. The molecule has 1 aromatic carbocycles. The maximum Gasteiger partial charge on any atom is 0.190 e. The van der Waals surface area contributed by atoms with Gasteiger partial charge in [-0.15, -0.1) is 0 Å². The summed E-state index contributed by atoms with van der Waals surface area (Å²) in [4.78, 5) is 22.8. The van der Waals surface area contributed by atoms with Crippen LogP contribution in [0.5, 0.6) is 0 Å². The highest BCUT2D eigenvalue weighted by Crippen LogP contribution is 2.34. The van der Waals surface area contributed by atoms with Gasteiger partial charge in [0.1, 0.15) is 5.65 Å². The zero-order chi connectivity index (χ0) is 20.0. The normalized spacial score (nSPS) is 20.5. The first kappa shape index (κ1) is 18.6. The molecule has 0 radical (unpaired) electrons. The predicted octanol–water partition coefficient (Wildman–Crippen LogP) is 4.72. The summed E-state index contributed by atoms with van der Waals surface area (Å²) in [5.74, 6) is 0.522. The van der Waals surface area contributed by atoms with E-state index in [-0.39, 0.29) is 5.43 Å². The van der Waals surface area contributed by atoms with Crippen molar-refractivity contribution in [3.8, 4) is 0 Å². The third-order valence-electron chi connectivity index (χ3n) is 6.15. The molecule has 1 fully saturated rings. The van der Waals surface area contributed by atoms with Crippen LogP contribution < -0.4 is 5.43 Å². The summed E-state index contributed by atoms with van der Waals surface area (Å²) in [7, 11) is 0. The molecule has 0 bridgehead atoms. The lowest BCUT2D eigenvalue weighted by Crippen LogP contribution is -2.40. The van der Waals surface area contributed by atoms with Crippen LogP contribution in [0.1, 0.15) is 24.9 Å². The van der Waals surface area contributed by atoms with E-state index in [0.29, 0.717) is 17.3 Å². The predicted molar refractivity (Wildman–Crippen MR) is 120 cm³/mol. The van der Waals surface area contributed by atoms with Gasteiger partial charge in [-0.25, -0.2) is 4.98 Å². The highest BCUT2D eigenvalue weighted by atomic mass is 79.9. The molecule has 1 aliphatic rings. The van der Waals surface area contributed by atoms with Gasteiger partial charge in [-0.05, 0) is 40.4 Å². The van der Waals surface area contributed by atoms with E-state index in [1.54, 1.807) is 12.3 Å². The number of benzene rings is 1. The smallest absolute Gasteiger partial charge is 0.190 e. The fourth-order valence-corrected chi connectivity index (χ4v) is 5.03. The fourth-order valence-electron chi connectivity index (χ4n) is 4.54. The monoisotopic (exact) mass is 450 g/mol. The lowest BCUT2D eigenvalue weighted by Gasteiger charge is -2.39.